The molecule has 0 spiro atoms. The first-order valence-corrected chi connectivity index (χ1v) is 19.5. The Bertz CT molecular complexity index is 2110. The fourth-order valence-electron chi connectivity index (χ4n) is 5.26. The Hall–Kier alpha value is -5.64. The molecule has 0 saturated carbocycles. The summed E-state index contributed by atoms with van der Waals surface area (Å²) in [5.74, 6) is 0.471. The van der Waals surface area contributed by atoms with Crippen molar-refractivity contribution < 1.29 is 16.8 Å². The third-order valence-electron chi connectivity index (χ3n) is 8.08. The summed E-state index contributed by atoms with van der Waals surface area (Å²) in [6.07, 6.45) is 17.7. The Morgan fingerprint density at radius 2 is 0.923 bits per heavy atom. The van der Waals surface area contributed by atoms with E-state index in [0.29, 0.717) is 12.3 Å². The van der Waals surface area contributed by atoms with Crippen LogP contribution in [-0.4, -0.2) is 16.8 Å². The summed E-state index contributed by atoms with van der Waals surface area (Å²) in [6, 6.07) is 33.4. The number of sulfonamides is 2. The predicted octanol–water partition coefficient (Wildman–Crippen LogP) is 11.1. The van der Waals surface area contributed by atoms with Gasteiger partial charge in [0.1, 0.15) is 0 Å². The van der Waals surface area contributed by atoms with Crippen LogP contribution >= 0.6 is 0 Å². The summed E-state index contributed by atoms with van der Waals surface area (Å²) in [5.41, 5.74) is 21.2. The minimum atomic E-state index is -4.01. The van der Waals surface area contributed by atoms with Gasteiger partial charge in [0, 0.05) is 30.7 Å². The van der Waals surface area contributed by atoms with Gasteiger partial charge in [-0.2, -0.15) is 0 Å². The van der Waals surface area contributed by atoms with Gasteiger partial charge in [0.2, 0.25) is 0 Å². The molecule has 12 heteroatoms. The van der Waals surface area contributed by atoms with E-state index in [2.05, 4.69) is 111 Å². The number of benzene rings is 4. The van der Waals surface area contributed by atoms with Gasteiger partial charge < -0.3 is 0 Å². The highest BCUT2D eigenvalue weighted by Gasteiger charge is 2.14. The summed E-state index contributed by atoms with van der Waals surface area (Å²) < 4.78 is 52.4. The Balaban J connectivity index is 0.000000311. The molecule has 52 heavy (non-hydrogen) atoms. The quantitative estimate of drug-likeness (QED) is 0.0429. The molecule has 0 heterocycles. The SMILES string of the molecule is C=CC(CC/C=C/Cc1ccc(S(=O)(=O)N=[N+]=[N-])cc1)c1ccc(S(=O)(=O)N=[N+]=[N-])cc1.C=CC(CC/C=C/Cc1ccccc1)c1ccccc1. The number of hydrogen-bond acceptors (Lipinski definition) is 4. The lowest BCUT2D eigenvalue weighted by atomic mass is 9.94. The van der Waals surface area contributed by atoms with E-state index in [1.54, 1.807) is 30.3 Å². The van der Waals surface area contributed by atoms with Crippen LogP contribution in [0.3, 0.4) is 0 Å². The summed E-state index contributed by atoms with van der Waals surface area (Å²) >= 11 is 0. The van der Waals surface area contributed by atoms with Gasteiger partial charge in [-0.25, -0.2) is 16.8 Å². The van der Waals surface area contributed by atoms with Crippen LogP contribution in [0.5, 0.6) is 0 Å². The minimum absolute atomic E-state index is 0.0149. The molecule has 10 nitrogen and oxygen atoms in total. The van der Waals surface area contributed by atoms with E-state index in [4.69, 9.17) is 11.1 Å². The summed E-state index contributed by atoms with van der Waals surface area (Å²) in [5, 5.41) is 0. The zero-order chi connectivity index (χ0) is 37.7. The normalized spacial score (nSPS) is 12.5. The molecular weight excluding hydrogens is 693 g/mol. The molecule has 0 radical (unpaired) electrons. The lowest BCUT2D eigenvalue weighted by Gasteiger charge is -2.12. The van der Waals surface area contributed by atoms with Crippen molar-refractivity contribution in [3.63, 3.8) is 0 Å². The first-order valence-electron chi connectivity index (χ1n) is 16.6. The highest BCUT2D eigenvalue weighted by Crippen LogP contribution is 2.25. The Kier molecular flexibility index (Phi) is 16.9. The van der Waals surface area contributed by atoms with Crippen LogP contribution in [-0.2, 0) is 32.9 Å². The van der Waals surface area contributed by atoms with Gasteiger partial charge in [0.25, 0.3) is 20.0 Å². The third-order valence-corrected chi connectivity index (χ3v) is 10.4. The lowest BCUT2D eigenvalue weighted by molar-refractivity contribution is 0.595. The summed E-state index contributed by atoms with van der Waals surface area (Å²) in [4.78, 5) is 4.52. The minimum Gasteiger partial charge on any atom is -0.216 e. The van der Waals surface area contributed by atoms with Crippen molar-refractivity contribution in [2.45, 2.75) is 60.2 Å². The van der Waals surface area contributed by atoms with Gasteiger partial charge in [-0.3, -0.25) is 0 Å². The molecule has 0 saturated heterocycles. The van der Waals surface area contributed by atoms with Crippen LogP contribution in [0, 0.1) is 0 Å². The molecule has 0 aromatic heterocycles. The van der Waals surface area contributed by atoms with E-state index < -0.39 is 20.0 Å². The lowest BCUT2D eigenvalue weighted by Crippen LogP contribution is -1.98. The Morgan fingerprint density at radius 3 is 1.35 bits per heavy atom. The molecule has 0 amide bonds. The topological polar surface area (TPSA) is 166 Å². The molecule has 4 rings (SSSR count). The van der Waals surface area contributed by atoms with Gasteiger partial charge in [0.05, 0.1) is 9.79 Å². The van der Waals surface area contributed by atoms with Crippen LogP contribution in [0.1, 0.15) is 59.8 Å². The highest BCUT2D eigenvalue weighted by molar-refractivity contribution is 7.90. The summed E-state index contributed by atoms with van der Waals surface area (Å²) in [7, 11) is -7.99. The first kappa shape index (κ1) is 40.8. The number of nitrogens with zero attached hydrogens (tertiary/aromatic N) is 6. The second kappa shape index (κ2) is 21.5. The average Bonchev–Trinajstić information content (AvgIpc) is 3.16. The molecule has 2 unspecified atom stereocenters. The van der Waals surface area contributed by atoms with Crippen molar-refractivity contribution in [2.75, 3.05) is 0 Å². The maximum absolute atomic E-state index is 11.7. The third kappa shape index (κ3) is 13.6. The van der Waals surface area contributed by atoms with E-state index in [0.717, 1.165) is 43.2 Å². The first-order chi connectivity index (χ1) is 25.1. The van der Waals surface area contributed by atoms with Gasteiger partial charge >= 0.3 is 0 Å². The van der Waals surface area contributed by atoms with E-state index in [1.807, 2.05) is 12.2 Å². The van der Waals surface area contributed by atoms with Gasteiger partial charge in [-0.15, -0.1) is 13.2 Å². The molecule has 0 aliphatic carbocycles. The predicted molar refractivity (Wildman–Crippen MR) is 208 cm³/mol. The van der Waals surface area contributed by atoms with Crippen LogP contribution < -0.4 is 0 Å². The molecule has 0 N–H and O–H groups in total. The van der Waals surface area contributed by atoms with E-state index in [-0.39, 0.29) is 15.7 Å². The zero-order valence-electron chi connectivity index (χ0n) is 28.8. The van der Waals surface area contributed by atoms with Gasteiger partial charge in [-0.1, -0.05) is 121 Å². The van der Waals surface area contributed by atoms with Crippen molar-refractivity contribution >= 4 is 20.0 Å². The second-order valence-electron chi connectivity index (χ2n) is 11.6. The monoisotopic (exact) mass is 734 g/mol. The van der Waals surface area contributed by atoms with Crippen molar-refractivity contribution in [3.8, 4) is 0 Å². The standard InChI is InChI=1S/C20H20N6O4S2.C20H22/c1-2-17(18-10-14-20(15-11-18)32(29,30)26-24-22)7-5-3-4-6-16-8-12-19(13-9-16)31(27,28)25-23-21;1-2-19(20-16-10-5-11-17-20)15-9-4-8-14-18-12-6-3-7-13-18/h2-4,8-15,17H,1,5-7H2;2-8,10-13,16-17,19H,1,9,14-15H2/b4-3+;8-4+. The van der Waals surface area contributed by atoms with Gasteiger partial charge in [0.15, 0.2) is 0 Å². The van der Waals surface area contributed by atoms with E-state index in [9.17, 15) is 16.8 Å². The fourth-order valence-corrected chi connectivity index (χ4v) is 6.60. The molecule has 0 aliphatic rings. The Morgan fingerprint density at radius 1 is 0.538 bits per heavy atom. The molecule has 268 valence electrons. The largest absolute Gasteiger partial charge is 0.264 e. The number of rotatable bonds is 18. The van der Waals surface area contributed by atoms with Crippen molar-refractivity contribution in [2.24, 2.45) is 9.04 Å². The molecular formula is C40H42N6O4S2. The number of hydrogen-bond donors (Lipinski definition) is 0. The fraction of sp³-hybridized carbons (Fsp3) is 0.200. The van der Waals surface area contributed by atoms with Crippen molar-refractivity contribution in [3.05, 3.63) is 202 Å². The van der Waals surface area contributed by atoms with Crippen LogP contribution in [0.25, 0.3) is 20.9 Å². The van der Waals surface area contributed by atoms with Gasteiger partial charge in [-0.05, 0) is 96.1 Å². The maximum atomic E-state index is 11.7. The van der Waals surface area contributed by atoms with E-state index >= 15 is 0 Å². The molecule has 2 atom stereocenters. The number of allylic oxidation sites excluding steroid dienone is 6. The number of azide groups is 2. The zero-order valence-corrected chi connectivity index (χ0v) is 30.4. The highest BCUT2D eigenvalue weighted by atomic mass is 32.2. The summed E-state index contributed by atoms with van der Waals surface area (Å²) in [6.45, 7) is 7.80. The molecule has 0 fully saturated rings. The Labute approximate surface area is 306 Å². The molecule has 4 aromatic rings. The molecule has 0 aliphatic heterocycles. The second-order valence-corrected chi connectivity index (χ2v) is 14.8. The molecule has 0 bridgehead atoms. The van der Waals surface area contributed by atoms with Crippen LogP contribution in [0.2, 0.25) is 0 Å². The van der Waals surface area contributed by atoms with E-state index in [1.165, 1.54) is 35.4 Å². The average molecular weight is 735 g/mol. The smallest absolute Gasteiger partial charge is 0.216 e. The molecule has 4 aromatic carbocycles. The van der Waals surface area contributed by atoms with Crippen LogP contribution in [0.15, 0.2) is 178 Å². The van der Waals surface area contributed by atoms with Crippen LogP contribution in [0.4, 0.5) is 0 Å². The van der Waals surface area contributed by atoms with Crippen molar-refractivity contribution in [1.82, 2.24) is 0 Å². The maximum Gasteiger partial charge on any atom is 0.264 e. The van der Waals surface area contributed by atoms with Crippen molar-refractivity contribution in [1.29, 1.82) is 0 Å².